The largest absolute Gasteiger partial charge is 0.508 e. The number of aliphatic hydroxyl groups excluding tert-OH is 1. The van der Waals surface area contributed by atoms with Gasteiger partial charge in [-0.3, -0.25) is 4.79 Å². The van der Waals surface area contributed by atoms with E-state index in [0.717, 1.165) is 0 Å². The molecule has 0 bridgehead atoms. The number of aliphatic carboxylic acids is 1. The topological polar surface area (TPSA) is 77.8 Å². The second-order valence-electron chi connectivity index (χ2n) is 3.36. The number of rotatable bonds is 2. The molecule has 0 radical (unpaired) electrons. The van der Waals surface area contributed by atoms with Crippen molar-refractivity contribution in [2.24, 2.45) is 5.92 Å². The van der Waals surface area contributed by atoms with E-state index >= 15 is 0 Å². The number of carbonyl (C=O) groups is 1. The number of aliphatic hydroxyl groups is 2. The first-order chi connectivity index (χ1) is 5.92. The monoisotopic (exact) mass is 184 g/mol. The van der Waals surface area contributed by atoms with E-state index in [1.807, 2.05) is 0 Å². The number of allylic oxidation sites excluding steroid dienone is 1. The molecule has 4 heteroatoms. The van der Waals surface area contributed by atoms with Crippen LogP contribution in [-0.4, -0.2) is 26.9 Å². The summed E-state index contributed by atoms with van der Waals surface area (Å²) in [6.07, 6.45) is 3.92. The molecule has 1 aliphatic carbocycles. The Hall–Kier alpha value is -1.29. The molecular weight excluding hydrogens is 172 g/mol. The van der Waals surface area contributed by atoms with Crippen LogP contribution in [0.2, 0.25) is 0 Å². The Bertz CT molecular complexity index is 275. The van der Waals surface area contributed by atoms with E-state index in [-0.39, 0.29) is 12.2 Å². The molecule has 0 aromatic rings. The summed E-state index contributed by atoms with van der Waals surface area (Å²) in [6, 6.07) is 0. The minimum absolute atomic E-state index is 0.00206. The lowest BCUT2D eigenvalue weighted by Gasteiger charge is -2.29. The van der Waals surface area contributed by atoms with Crippen LogP contribution in [0, 0.1) is 5.92 Å². The molecule has 0 aromatic carbocycles. The molecule has 0 saturated carbocycles. The van der Waals surface area contributed by atoms with Crippen molar-refractivity contribution >= 4 is 5.97 Å². The highest BCUT2D eigenvalue weighted by molar-refractivity contribution is 5.67. The van der Waals surface area contributed by atoms with Gasteiger partial charge < -0.3 is 15.3 Å². The number of hydrogen-bond donors (Lipinski definition) is 3. The maximum atomic E-state index is 10.4. The molecule has 2 atom stereocenters. The summed E-state index contributed by atoms with van der Waals surface area (Å²) in [5.41, 5.74) is -1.19. The normalized spacial score (nSPS) is 32.8. The third-order valence-electron chi connectivity index (χ3n) is 2.11. The van der Waals surface area contributed by atoms with Crippen LogP contribution in [0.15, 0.2) is 24.0 Å². The lowest BCUT2D eigenvalue weighted by Crippen LogP contribution is -2.34. The molecular formula is C9H12O4. The van der Waals surface area contributed by atoms with Crippen molar-refractivity contribution in [3.05, 3.63) is 24.0 Å². The van der Waals surface area contributed by atoms with Gasteiger partial charge in [-0.1, -0.05) is 0 Å². The van der Waals surface area contributed by atoms with E-state index in [0.29, 0.717) is 0 Å². The number of hydrogen-bond acceptors (Lipinski definition) is 3. The predicted octanol–water partition coefficient (Wildman–Crippen LogP) is 0.840. The first-order valence-corrected chi connectivity index (χ1v) is 3.96. The molecule has 0 spiro atoms. The van der Waals surface area contributed by atoms with E-state index < -0.39 is 17.5 Å². The van der Waals surface area contributed by atoms with Crippen molar-refractivity contribution in [3.63, 3.8) is 0 Å². The Balaban J connectivity index is 2.81. The molecule has 1 rings (SSSR count). The molecule has 13 heavy (non-hydrogen) atoms. The van der Waals surface area contributed by atoms with Crippen molar-refractivity contribution in [1.29, 1.82) is 0 Å². The van der Waals surface area contributed by atoms with Gasteiger partial charge in [-0.05, 0) is 25.2 Å². The fourth-order valence-corrected chi connectivity index (χ4v) is 1.26. The maximum Gasteiger partial charge on any atom is 0.304 e. The first-order valence-electron chi connectivity index (χ1n) is 3.96. The second-order valence-corrected chi connectivity index (χ2v) is 3.36. The molecule has 72 valence electrons. The van der Waals surface area contributed by atoms with Gasteiger partial charge >= 0.3 is 5.97 Å². The van der Waals surface area contributed by atoms with Crippen molar-refractivity contribution in [2.45, 2.75) is 18.9 Å². The number of carboxylic acids is 1. The van der Waals surface area contributed by atoms with Gasteiger partial charge in [0, 0.05) is 5.92 Å². The van der Waals surface area contributed by atoms with Crippen molar-refractivity contribution in [3.8, 4) is 0 Å². The summed E-state index contributed by atoms with van der Waals surface area (Å²) >= 11 is 0. The van der Waals surface area contributed by atoms with E-state index in [1.54, 1.807) is 0 Å². The minimum atomic E-state index is -1.19. The summed E-state index contributed by atoms with van der Waals surface area (Å²) in [6.45, 7) is 1.51. The Morgan fingerprint density at radius 1 is 1.69 bits per heavy atom. The average Bonchev–Trinajstić information content (AvgIpc) is 1.97. The minimum Gasteiger partial charge on any atom is -0.508 e. The molecule has 0 aromatic heterocycles. The predicted molar refractivity (Wildman–Crippen MR) is 46.2 cm³/mol. The maximum absolute atomic E-state index is 10.4. The second kappa shape index (κ2) is 3.22. The highest BCUT2D eigenvalue weighted by Crippen LogP contribution is 2.28. The Morgan fingerprint density at radius 2 is 2.31 bits per heavy atom. The zero-order valence-electron chi connectivity index (χ0n) is 7.27. The van der Waals surface area contributed by atoms with Crippen LogP contribution in [-0.2, 0) is 4.79 Å². The molecule has 0 heterocycles. The van der Waals surface area contributed by atoms with Gasteiger partial charge in [-0.2, -0.15) is 0 Å². The highest BCUT2D eigenvalue weighted by atomic mass is 16.4. The first kappa shape index (κ1) is 9.80. The van der Waals surface area contributed by atoms with Crippen molar-refractivity contribution in [1.82, 2.24) is 0 Å². The zero-order valence-corrected chi connectivity index (χ0v) is 7.27. The van der Waals surface area contributed by atoms with Gasteiger partial charge in [0.2, 0.25) is 0 Å². The summed E-state index contributed by atoms with van der Waals surface area (Å²) in [7, 11) is 0. The van der Waals surface area contributed by atoms with Crippen LogP contribution >= 0.6 is 0 Å². The zero-order chi connectivity index (χ0) is 10.1. The quantitative estimate of drug-likeness (QED) is 0.594. The molecule has 0 aliphatic heterocycles. The fourth-order valence-electron chi connectivity index (χ4n) is 1.26. The summed E-state index contributed by atoms with van der Waals surface area (Å²) in [5.74, 6) is -1.57. The van der Waals surface area contributed by atoms with E-state index in [4.69, 9.17) is 10.2 Å². The molecule has 4 nitrogen and oxygen atoms in total. The van der Waals surface area contributed by atoms with Gasteiger partial charge in [-0.25, -0.2) is 0 Å². The fraction of sp³-hybridized carbons (Fsp3) is 0.444. The molecule has 0 amide bonds. The Morgan fingerprint density at radius 3 is 2.85 bits per heavy atom. The Labute approximate surface area is 75.8 Å². The van der Waals surface area contributed by atoms with E-state index in [1.165, 1.54) is 25.2 Å². The van der Waals surface area contributed by atoms with Crippen molar-refractivity contribution in [2.75, 3.05) is 0 Å². The van der Waals surface area contributed by atoms with Crippen LogP contribution in [0.3, 0.4) is 0 Å². The molecule has 2 unspecified atom stereocenters. The lowest BCUT2D eigenvalue weighted by atomic mass is 9.83. The number of carboxylic acid groups (broad SMARTS) is 1. The van der Waals surface area contributed by atoms with Crippen LogP contribution in [0.4, 0.5) is 0 Å². The van der Waals surface area contributed by atoms with Crippen LogP contribution in [0.25, 0.3) is 0 Å². The van der Waals surface area contributed by atoms with Crippen LogP contribution in [0.1, 0.15) is 13.3 Å². The standard InChI is InChI=1S/C9H12O4/c1-9(13)3-2-7(10)4-6(9)5-8(11)12/h2-4,6,10,13H,5H2,1H3,(H,11,12). The third kappa shape index (κ3) is 2.32. The highest BCUT2D eigenvalue weighted by Gasteiger charge is 2.32. The van der Waals surface area contributed by atoms with Gasteiger partial charge in [0.15, 0.2) is 0 Å². The van der Waals surface area contributed by atoms with Crippen LogP contribution < -0.4 is 0 Å². The smallest absolute Gasteiger partial charge is 0.304 e. The van der Waals surface area contributed by atoms with Crippen LogP contribution in [0.5, 0.6) is 0 Å². The summed E-state index contributed by atoms with van der Waals surface area (Å²) in [4.78, 5) is 10.4. The van der Waals surface area contributed by atoms with Gasteiger partial charge in [0.05, 0.1) is 12.0 Å². The average molecular weight is 184 g/mol. The lowest BCUT2D eigenvalue weighted by molar-refractivity contribution is -0.139. The SMILES string of the molecule is CC1(O)C=CC(O)=CC1CC(=O)O. The Kier molecular flexibility index (Phi) is 2.43. The van der Waals surface area contributed by atoms with Gasteiger partial charge in [-0.15, -0.1) is 0 Å². The molecule has 0 saturated heterocycles. The van der Waals surface area contributed by atoms with Gasteiger partial charge in [0.25, 0.3) is 0 Å². The van der Waals surface area contributed by atoms with Gasteiger partial charge in [0.1, 0.15) is 5.76 Å². The summed E-state index contributed by atoms with van der Waals surface area (Å²) < 4.78 is 0. The molecule has 3 N–H and O–H groups in total. The summed E-state index contributed by atoms with van der Waals surface area (Å²) in [5, 5.41) is 27.3. The molecule has 1 aliphatic rings. The third-order valence-corrected chi connectivity index (χ3v) is 2.11. The van der Waals surface area contributed by atoms with Crippen molar-refractivity contribution < 1.29 is 20.1 Å². The van der Waals surface area contributed by atoms with E-state index in [9.17, 15) is 9.90 Å². The van der Waals surface area contributed by atoms with E-state index in [2.05, 4.69) is 0 Å². The molecule has 0 fully saturated rings.